The van der Waals surface area contributed by atoms with Crippen molar-refractivity contribution in [2.75, 3.05) is 6.61 Å². The molecular formula is C26H29ClO3. The Morgan fingerprint density at radius 2 is 1.80 bits per heavy atom. The third-order valence-electron chi connectivity index (χ3n) is 5.19. The highest BCUT2D eigenvalue weighted by molar-refractivity contribution is 6.31. The van der Waals surface area contributed by atoms with Crippen molar-refractivity contribution >= 4 is 39.1 Å². The van der Waals surface area contributed by atoms with Gasteiger partial charge in [0.1, 0.15) is 18.5 Å². The number of esters is 1. The predicted octanol–water partition coefficient (Wildman–Crippen LogP) is 7.48. The van der Waals surface area contributed by atoms with Gasteiger partial charge in [-0.15, -0.1) is 0 Å². The topological polar surface area (TPSA) is 35.5 Å². The first-order chi connectivity index (χ1) is 14.5. The highest BCUT2D eigenvalue weighted by Crippen LogP contribution is 2.36. The Labute approximate surface area is 183 Å². The molecule has 3 aromatic carbocycles. The van der Waals surface area contributed by atoms with E-state index >= 15 is 0 Å². The van der Waals surface area contributed by atoms with E-state index in [9.17, 15) is 4.79 Å². The number of unbranched alkanes of at least 4 members (excludes halogenated alkanes) is 3. The van der Waals surface area contributed by atoms with Gasteiger partial charge in [0.2, 0.25) is 0 Å². The van der Waals surface area contributed by atoms with Crippen LogP contribution in [0.15, 0.2) is 60.7 Å². The normalized spacial score (nSPS) is 12.1. The predicted molar refractivity (Wildman–Crippen MR) is 125 cm³/mol. The minimum atomic E-state index is -0.370. The molecule has 0 radical (unpaired) electrons. The standard InChI is InChI=1S/C26H29ClO3/c1-4-5-6-7-11-22(30-26(28)18(2)3)17-29-25-23-12-9-8-10-19(23)15-20-13-14-21(27)16-24(20)25/h8-10,12-16,22H,2,4-7,11,17H2,1,3H3. The van der Waals surface area contributed by atoms with Crippen LogP contribution in [0.5, 0.6) is 5.75 Å². The van der Waals surface area contributed by atoms with E-state index in [1.54, 1.807) is 6.92 Å². The quantitative estimate of drug-likeness (QED) is 0.146. The highest BCUT2D eigenvalue weighted by atomic mass is 35.5. The molecule has 3 nitrogen and oxygen atoms in total. The van der Waals surface area contributed by atoms with Crippen LogP contribution in [0.1, 0.15) is 46.0 Å². The van der Waals surface area contributed by atoms with E-state index < -0.39 is 0 Å². The van der Waals surface area contributed by atoms with Crippen molar-refractivity contribution in [2.24, 2.45) is 0 Å². The molecule has 0 spiro atoms. The summed E-state index contributed by atoms with van der Waals surface area (Å²) < 4.78 is 12.0. The van der Waals surface area contributed by atoms with Crippen molar-refractivity contribution in [1.29, 1.82) is 0 Å². The number of carbonyl (C=O) groups is 1. The van der Waals surface area contributed by atoms with Crippen LogP contribution in [0.3, 0.4) is 0 Å². The zero-order valence-electron chi connectivity index (χ0n) is 17.7. The third-order valence-corrected chi connectivity index (χ3v) is 5.43. The molecule has 0 aliphatic heterocycles. The Hall–Kier alpha value is -2.52. The minimum Gasteiger partial charge on any atom is -0.488 e. The molecule has 0 bridgehead atoms. The lowest BCUT2D eigenvalue weighted by atomic mass is 10.0. The molecule has 0 amide bonds. The lowest BCUT2D eigenvalue weighted by molar-refractivity contribution is -0.146. The van der Waals surface area contributed by atoms with E-state index in [0.717, 1.165) is 53.0 Å². The summed E-state index contributed by atoms with van der Waals surface area (Å²) in [7, 11) is 0. The van der Waals surface area contributed by atoms with Gasteiger partial charge in [-0.2, -0.15) is 0 Å². The molecule has 4 heteroatoms. The molecule has 1 atom stereocenters. The first-order valence-electron chi connectivity index (χ1n) is 10.6. The van der Waals surface area contributed by atoms with Gasteiger partial charge in [-0.3, -0.25) is 0 Å². The van der Waals surface area contributed by atoms with E-state index in [2.05, 4.69) is 25.6 Å². The van der Waals surface area contributed by atoms with Gasteiger partial charge in [-0.1, -0.05) is 74.7 Å². The maximum absolute atomic E-state index is 12.1. The van der Waals surface area contributed by atoms with Crippen LogP contribution in [0.4, 0.5) is 0 Å². The van der Waals surface area contributed by atoms with Gasteiger partial charge in [0, 0.05) is 21.4 Å². The van der Waals surface area contributed by atoms with E-state index in [1.807, 2.05) is 36.4 Å². The van der Waals surface area contributed by atoms with Gasteiger partial charge in [0.05, 0.1) is 0 Å². The van der Waals surface area contributed by atoms with Crippen LogP contribution in [-0.4, -0.2) is 18.7 Å². The van der Waals surface area contributed by atoms with E-state index in [-0.39, 0.29) is 12.1 Å². The number of halogens is 1. The van der Waals surface area contributed by atoms with Gasteiger partial charge in [0.15, 0.2) is 0 Å². The number of hydrogen-bond donors (Lipinski definition) is 0. The number of carbonyl (C=O) groups excluding carboxylic acids is 1. The summed E-state index contributed by atoms with van der Waals surface area (Å²) >= 11 is 6.27. The second-order valence-corrected chi connectivity index (χ2v) is 8.20. The van der Waals surface area contributed by atoms with Crippen LogP contribution in [0.25, 0.3) is 21.5 Å². The third kappa shape index (κ3) is 5.54. The summed E-state index contributed by atoms with van der Waals surface area (Å²) in [6.07, 6.45) is 4.89. The number of ether oxygens (including phenoxy) is 2. The first kappa shape index (κ1) is 22.2. The smallest absolute Gasteiger partial charge is 0.333 e. The van der Waals surface area contributed by atoms with Crippen LogP contribution < -0.4 is 4.74 Å². The fraction of sp³-hybridized carbons (Fsp3) is 0.346. The largest absolute Gasteiger partial charge is 0.488 e. The number of rotatable bonds is 10. The van der Waals surface area contributed by atoms with E-state index in [1.165, 1.54) is 6.42 Å². The Morgan fingerprint density at radius 3 is 2.57 bits per heavy atom. The molecule has 0 N–H and O–H groups in total. The van der Waals surface area contributed by atoms with Crippen molar-refractivity contribution < 1.29 is 14.3 Å². The van der Waals surface area contributed by atoms with E-state index in [4.69, 9.17) is 21.1 Å². The van der Waals surface area contributed by atoms with Gasteiger partial charge in [-0.25, -0.2) is 4.79 Å². The van der Waals surface area contributed by atoms with Crippen LogP contribution in [0.2, 0.25) is 5.02 Å². The summed E-state index contributed by atoms with van der Waals surface area (Å²) in [6, 6.07) is 16.1. The molecular weight excluding hydrogens is 396 g/mol. The van der Waals surface area contributed by atoms with Gasteiger partial charge >= 0.3 is 5.97 Å². The summed E-state index contributed by atoms with van der Waals surface area (Å²) in [4.78, 5) is 12.1. The molecule has 0 fully saturated rings. The molecule has 3 rings (SSSR count). The lowest BCUT2D eigenvalue weighted by Crippen LogP contribution is -2.25. The second-order valence-electron chi connectivity index (χ2n) is 7.76. The van der Waals surface area contributed by atoms with Crippen LogP contribution in [-0.2, 0) is 9.53 Å². The molecule has 0 heterocycles. The van der Waals surface area contributed by atoms with Gasteiger partial charge < -0.3 is 9.47 Å². The second kappa shape index (κ2) is 10.5. The molecule has 158 valence electrons. The summed E-state index contributed by atoms with van der Waals surface area (Å²) in [5.74, 6) is 0.403. The van der Waals surface area contributed by atoms with Crippen LogP contribution >= 0.6 is 11.6 Å². The SMILES string of the molecule is C=C(C)C(=O)OC(CCCCCC)COc1c2ccccc2cc2ccc(Cl)cc12. The summed E-state index contributed by atoms with van der Waals surface area (Å²) in [6.45, 7) is 7.83. The van der Waals surface area contributed by atoms with Crippen LogP contribution in [0, 0.1) is 0 Å². The van der Waals surface area contributed by atoms with Gasteiger partial charge in [0.25, 0.3) is 0 Å². The molecule has 1 unspecified atom stereocenters. The number of benzene rings is 3. The van der Waals surface area contributed by atoms with Gasteiger partial charge in [-0.05, 0) is 48.7 Å². The fourth-order valence-electron chi connectivity index (χ4n) is 3.55. The fourth-order valence-corrected chi connectivity index (χ4v) is 3.72. The average Bonchev–Trinajstić information content (AvgIpc) is 2.73. The minimum absolute atomic E-state index is 0.292. The summed E-state index contributed by atoms with van der Waals surface area (Å²) in [5, 5.41) is 4.79. The average molecular weight is 425 g/mol. The molecule has 0 saturated heterocycles. The van der Waals surface area contributed by atoms with Crippen molar-refractivity contribution in [3.8, 4) is 5.75 Å². The van der Waals surface area contributed by atoms with Crippen molar-refractivity contribution in [3.63, 3.8) is 0 Å². The maximum atomic E-state index is 12.1. The lowest BCUT2D eigenvalue weighted by Gasteiger charge is -2.20. The Kier molecular flexibility index (Phi) is 7.75. The number of hydrogen-bond acceptors (Lipinski definition) is 3. The number of fused-ring (bicyclic) bond motifs is 2. The monoisotopic (exact) mass is 424 g/mol. The Balaban J connectivity index is 1.88. The molecule has 30 heavy (non-hydrogen) atoms. The summed E-state index contributed by atoms with van der Waals surface area (Å²) in [5.41, 5.74) is 0.399. The highest BCUT2D eigenvalue weighted by Gasteiger charge is 2.18. The van der Waals surface area contributed by atoms with Crippen molar-refractivity contribution in [2.45, 2.75) is 52.1 Å². The molecule has 0 aliphatic rings. The Morgan fingerprint density at radius 1 is 1.03 bits per heavy atom. The van der Waals surface area contributed by atoms with E-state index in [0.29, 0.717) is 17.2 Å². The van der Waals surface area contributed by atoms with Crippen molar-refractivity contribution in [3.05, 3.63) is 65.7 Å². The zero-order chi connectivity index (χ0) is 21.5. The molecule has 3 aromatic rings. The van der Waals surface area contributed by atoms with Crippen molar-refractivity contribution in [1.82, 2.24) is 0 Å². The zero-order valence-corrected chi connectivity index (χ0v) is 18.5. The molecule has 0 saturated carbocycles. The molecule has 0 aliphatic carbocycles. The molecule has 0 aromatic heterocycles. The first-order valence-corrected chi connectivity index (χ1v) is 11.0. The Bertz CT molecular complexity index is 1040. The maximum Gasteiger partial charge on any atom is 0.333 e.